The number of hydrogen-bond acceptors (Lipinski definition) is 5. The molecule has 0 atom stereocenters. The molecule has 2 saturated heterocycles. The zero-order valence-electron chi connectivity index (χ0n) is 16.1. The molecule has 3 heterocycles. The molecule has 1 amide bonds. The Bertz CT molecular complexity index is 639. The molecule has 4 rings (SSSR count). The average Bonchev–Trinajstić information content (AvgIpc) is 2.84. The van der Waals surface area contributed by atoms with Gasteiger partial charge in [0, 0.05) is 50.5 Å². The van der Waals surface area contributed by atoms with Crippen molar-refractivity contribution in [2.24, 2.45) is 5.41 Å². The van der Waals surface area contributed by atoms with Gasteiger partial charge in [-0.1, -0.05) is 0 Å². The summed E-state index contributed by atoms with van der Waals surface area (Å²) in [6.45, 7) is 5.99. The lowest BCUT2D eigenvalue weighted by Gasteiger charge is -2.44. The molecule has 1 aromatic heterocycles. The number of pyridine rings is 1. The lowest BCUT2D eigenvalue weighted by molar-refractivity contribution is -0.143. The third-order valence-corrected chi connectivity index (χ3v) is 6.62. The van der Waals surface area contributed by atoms with Gasteiger partial charge in [0.15, 0.2) is 0 Å². The zero-order chi connectivity index (χ0) is 18.7. The zero-order valence-corrected chi connectivity index (χ0v) is 16.1. The van der Waals surface area contributed by atoms with Gasteiger partial charge in [0.1, 0.15) is 0 Å². The molecule has 0 radical (unpaired) electrons. The minimum absolute atomic E-state index is 0.121. The van der Waals surface area contributed by atoms with Crippen LogP contribution >= 0.6 is 0 Å². The molecule has 6 heteroatoms. The number of ether oxygens (including phenoxy) is 1. The second-order valence-electron chi connectivity index (χ2n) is 8.75. The summed E-state index contributed by atoms with van der Waals surface area (Å²) in [5.41, 5.74) is 0.690. The molecule has 1 N–H and O–H groups in total. The van der Waals surface area contributed by atoms with E-state index in [4.69, 9.17) is 4.74 Å². The highest BCUT2D eigenvalue weighted by atomic mass is 16.5. The van der Waals surface area contributed by atoms with Crippen LogP contribution in [0.25, 0.3) is 0 Å². The van der Waals surface area contributed by atoms with Crippen LogP contribution in [0.15, 0.2) is 24.5 Å². The van der Waals surface area contributed by atoms with Crippen molar-refractivity contribution in [3.63, 3.8) is 0 Å². The summed E-state index contributed by atoms with van der Waals surface area (Å²) in [6, 6.07) is 4.15. The average molecular weight is 373 g/mol. The molecular formula is C21H31N3O3. The van der Waals surface area contributed by atoms with E-state index in [1.165, 1.54) is 5.56 Å². The first-order valence-corrected chi connectivity index (χ1v) is 10.3. The maximum absolute atomic E-state index is 12.6. The molecule has 1 spiro atoms. The molecule has 3 aliphatic rings. The molecule has 0 unspecified atom stereocenters. The molecule has 1 aromatic rings. The summed E-state index contributed by atoms with van der Waals surface area (Å²) in [6.07, 6.45) is 8.53. The van der Waals surface area contributed by atoms with E-state index in [0.29, 0.717) is 6.42 Å². The summed E-state index contributed by atoms with van der Waals surface area (Å²) in [5, 5.41) is 10.3. The van der Waals surface area contributed by atoms with Crippen LogP contribution < -0.4 is 0 Å². The van der Waals surface area contributed by atoms with Crippen molar-refractivity contribution in [1.29, 1.82) is 0 Å². The van der Waals surface area contributed by atoms with E-state index in [1.54, 1.807) is 0 Å². The number of carbonyl (C=O) groups excluding carboxylic acids is 1. The van der Waals surface area contributed by atoms with E-state index >= 15 is 0 Å². The summed E-state index contributed by atoms with van der Waals surface area (Å²) in [7, 11) is 0. The number of carbonyl (C=O) groups is 1. The Morgan fingerprint density at radius 1 is 1.15 bits per heavy atom. The lowest BCUT2D eigenvalue weighted by Crippen LogP contribution is -2.50. The maximum Gasteiger partial charge on any atom is 0.225 e. The van der Waals surface area contributed by atoms with Crippen molar-refractivity contribution >= 4 is 5.91 Å². The van der Waals surface area contributed by atoms with E-state index < -0.39 is 5.60 Å². The van der Waals surface area contributed by atoms with Gasteiger partial charge in [-0.05, 0) is 49.8 Å². The largest absolute Gasteiger partial charge is 0.389 e. The molecule has 3 fully saturated rings. The normalized spacial score (nSPS) is 25.0. The van der Waals surface area contributed by atoms with Crippen LogP contribution in [0.3, 0.4) is 0 Å². The summed E-state index contributed by atoms with van der Waals surface area (Å²) < 4.78 is 5.96. The quantitative estimate of drug-likeness (QED) is 0.872. The summed E-state index contributed by atoms with van der Waals surface area (Å²) >= 11 is 0. The van der Waals surface area contributed by atoms with Crippen molar-refractivity contribution in [2.45, 2.75) is 50.7 Å². The van der Waals surface area contributed by atoms with Gasteiger partial charge in [-0.15, -0.1) is 0 Å². The predicted molar refractivity (Wildman–Crippen MR) is 102 cm³/mol. The predicted octanol–water partition coefficient (Wildman–Crippen LogP) is 1.83. The first-order chi connectivity index (χ1) is 13.1. The van der Waals surface area contributed by atoms with Crippen molar-refractivity contribution in [1.82, 2.24) is 14.8 Å². The van der Waals surface area contributed by atoms with Crippen LogP contribution in [0.4, 0.5) is 0 Å². The molecule has 27 heavy (non-hydrogen) atoms. The van der Waals surface area contributed by atoms with Crippen molar-refractivity contribution in [2.75, 3.05) is 39.4 Å². The maximum atomic E-state index is 12.6. The standard InChI is InChI=1S/C21H31N3O3/c25-19(14-21(26)4-1-5-21)24-10-6-20(7-11-24)16-23(12-13-27-17-20)15-18-2-8-22-9-3-18/h2-3,8-9,26H,1,4-7,10-17H2. The molecule has 1 saturated carbocycles. The second-order valence-corrected chi connectivity index (χ2v) is 8.75. The van der Waals surface area contributed by atoms with Crippen LogP contribution in [0.5, 0.6) is 0 Å². The molecule has 0 bridgehead atoms. The fraction of sp³-hybridized carbons (Fsp3) is 0.714. The Morgan fingerprint density at radius 3 is 2.56 bits per heavy atom. The Balaban J connectivity index is 1.33. The number of amides is 1. The van der Waals surface area contributed by atoms with Crippen LogP contribution in [-0.2, 0) is 16.1 Å². The summed E-state index contributed by atoms with van der Waals surface area (Å²) in [5.74, 6) is 0.121. The molecular weight excluding hydrogens is 342 g/mol. The number of rotatable bonds is 4. The SMILES string of the molecule is O=C(CC1(O)CCC1)N1CCC2(CC1)COCCN(Cc1ccncc1)C2. The first-order valence-electron chi connectivity index (χ1n) is 10.3. The van der Waals surface area contributed by atoms with Crippen molar-refractivity contribution in [3.05, 3.63) is 30.1 Å². The number of likely N-dealkylation sites (tertiary alicyclic amines) is 1. The Morgan fingerprint density at radius 2 is 1.89 bits per heavy atom. The fourth-order valence-electron chi connectivity index (χ4n) is 4.65. The second kappa shape index (κ2) is 7.86. The minimum Gasteiger partial charge on any atom is -0.389 e. The minimum atomic E-state index is -0.723. The number of nitrogens with zero attached hydrogens (tertiary/aromatic N) is 3. The highest BCUT2D eigenvalue weighted by molar-refractivity contribution is 5.77. The van der Waals surface area contributed by atoms with Gasteiger partial charge in [0.2, 0.25) is 5.91 Å². The van der Waals surface area contributed by atoms with Gasteiger partial charge in [-0.25, -0.2) is 0 Å². The van der Waals surface area contributed by atoms with Crippen molar-refractivity contribution < 1.29 is 14.6 Å². The number of piperidine rings is 1. The van der Waals surface area contributed by atoms with Gasteiger partial charge >= 0.3 is 0 Å². The van der Waals surface area contributed by atoms with E-state index in [-0.39, 0.29) is 11.3 Å². The van der Waals surface area contributed by atoms with Crippen LogP contribution in [0, 0.1) is 5.41 Å². The fourth-order valence-corrected chi connectivity index (χ4v) is 4.65. The Kier molecular flexibility index (Phi) is 5.48. The van der Waals surface area contributed by atoms with Gasteiger partial charge < -0.3 is 14.7 Å². The van der Waals surface area contributed by atoms with Crippen molar-refractivity contribution in [3.8, 4) is 0 Å². The van der Waals surface area contributed by atoms with E-state index in [1.807, 2.05) is 17.3 Å². The van der Waals surface area contributed by atoms with Gasteiger partial charge in [0.25, 0.3) is 0 Å². The number of aromatic nitrogens is 1. The first kappa shape index (κ1) is 18.8. The highest BCUT2D eigenvalue weighted by Crippen LogP contribution is 2.38. The van der Waals surface area contributed by atoms with E-state index in [0.717, 1.165) is 78.0 Å². The number of aliphatic hydroxyl groups is 1. The third-order valence-electron chi connectivity index (χ3n) is 6.62. The summed E-state index contributed by atoms with van der Waals surface area (Å²) in [4.78, 5) is 21.1. The van der Waals surface area contributed by atoms with E-state index in [9.17, 15) is 9.90 Å². The molecule has 6 nitrogen and oxygen atoms in total. The van der Waals surface area contributed by atoms with Crippen LogP contribution in [0.1, 0.15) is 44.1 Å². The van der Waals surface area contributed by atoms with Gasteiger partial charge in [-0.3, -0.25) is 14.7 Å². The van der Waals surface area contributed by atoms with Crippen LogP contribution in [0.2, 0.25) is 0 Å². The Hall–Kier alpha value is -1.50. The van der Waals surface area contributed by atoms with Crippen LogP contribution in [-0.4, -0.2) is 70.8 Å². The highest BCUT2D eigenvalue weighted by Gasteiger charge is 2.42. The molecule has 2 aliphatic heterocycles. The monoisotopic (exact) mass is 373 g/mol. The molecule has 0 aromatic carbocycles. The van der Waals surface area contributed by atoms with Gasteiger partial charge in [-0.2, -0.15) is 0 Å². The smallest absolute Gasteiger partial charge is 0.225 e. The lowest BCUT2D eigenvalue weighted by atomic mass is 9.76. The van der Waals surface area contributed by atoms with Gasteiger partial charge in [0.05, 0.1) is 25.2 Å². The molecule has 148 valence electrons. The molecule has 1 aliphatic carbocycles. The number of hydrogen-bond donors (Lipinski definition) is 1. The topological polar surface area (TPSA) is 65.9 Å². The Labute approximate surface area is 161 Å². The van der Waals surface area contributed by atoms with E-state index in [2.05, 4.69) is 22.0 Å². The third kappa shape index (κ3) is 4.50.